The van der Waals surface area contributed by atoms with Crippen LogP contribution in [0.2, 0.25) is 0 Å². The highest BCUT2D eigenvalue weighted by Crippen LogP contribution is 2.16. The highest BCUT2D eigenvalue weighted by molar-refractivity contribution is 7.11. The first-order valence-electron chi connectivity index (χ1n) is 7.40. The van der Waals surface area contributed by atoms with Crippen molar-refractivity contribution >= 4 is 17.3 Å². The molecule has 0 spiro atoms. The van der Waals surface area contributed by atoms with Gasteiger partial charge in [-0.15, -0.1) is 11.3 Å². The molecule has 1 aromatic carbocycles. The van der Waals surface area contributed by atoms with Gasteiger partial charge in [0.15, 0.2) is 5.96 Å². The van der Waals surface area contributed by atoms with Gasteiger partial charge < -0.3 is 15.4 Å². The van der Waals surface area contributed by atoms with E-state index < -0.39 is 0 Å². The Morgan fingerprint density at radius 2 is 1.91 bits per heavy atom. The largest absolute Gasteiger partial charge is 0.497 e. The van der Waals surface area contributed by atoms with Crippen molar-refractivity contribution in [3.63, 3.8) is 0 Å². The molecule has 0 saturated carbocycles. The van der Waals surface area contributed by atoms with Crippen LogP contribution in [0.25, 0.3) is 0 Å². The van der Waals surface area contributed by atoms with Gasteiger partial charge >= 0.3 is 0 Å². The zero-order chi connectivity index (χ0) is 15.8. The molecule has 118 valence electrons. The van der Waals surface area contributed by atoms with Gasteiger partial charge in [-0.1, -0.05) is 19.1 Å². The van der Waals surface area contributed by atoms with Crippen molar-refractivity contribution in [3.05, 3.63) is 51.7 Å². The number of aliphatic imine (C=N–C) groups is 1. The number of methoxy groups -OCH3 is 1. The Hall–Kier alpha value is -2.01. The maximum Gasteiger partial charge on any atom is 0.191 e. The first-order chi connectivity index (χ1) is 10.7. The fourth-order valence-electron chi connectivity index (χ4n) is 2.07. The molecule has 0 aliphatic rings. The van der Waals surface area contributed by atoms with E-state index in [1.54, 1.807) is 14.2 Å². The predicted octanol–water partition coefficient (Wildman–Crippen LogP) is 3.18. The maximum absolute atomic E-state index is 5.23. The highest BCUT2D eigenvalue weighted by atomic mass is 32.1. The first kappa shape index (κ1) is 16.4. The number of ether oxygens (including phenoxy) is 1. The summed E-state index contributed by atoms with van der Waals surface area (Å²) in [4.78, 5) is 6.99. The van der Waals surface area contributed by atoms with Gasteiger partial charge in [-0.2, -0.15) is 0 Å². The average Bonchev–Trinajstić information content (AvgIpc) is 3.03. The van der Waals surface area contributed by atoms with Crippen LogP contribution in [0.5, 0.6) is 5.75 Å². The van der Waals surface area contributed by atoms with E-state index in [4.69, 9.17) is 4.74 Å². The summed E-state index contributed by atoms with van der Waals surface area (Å²) >= 11 is 1.84. The van der Waals surface area contributed by atoms with Crippen molar-refractivity contribution in [2.45, 2.75) is 26.4 Å². The molecular formula is C17H23N3OS. The molecule has 4 nitrogen and oxygen atoms in total. The molecule has 0 fully saturated rings. The quantitative estimate of drug-likeness (QED) is 0.635. The Bertz CT molecular complexity index is 622. The van der Waals surface area contributed by atoms with Crippen molar-refractivity contribution in [3.8, 4) is 5.75 Å². The number of guanidine groups is 1. The minimum absolute atomic E-state index is 0.710. The van der Waals surface area contributed by atoms with Crippen molar-refractivity contribution < 1.29 is 4.74 Å². The molecule has 0 amide bonds. The molecule has 1 heterocycles. The molecule has 0 atom stereocenters. The molecule has 0 aliphatic carbocycles. The van der Waals surface area contributed by atoms with Crippen LogP contribution in [-0.2, 0) is 19.5 Å². The van der Waals surface area contributed by atoms with Gasteiger partial charge in [0.1, 0.15) is 5.75 Å². The third-order valence-corrected chi connectivity index (χ3v) is 4.54. The summed E-state index contributed by atoms with van der Waals surface area (Å²) in [6.07, 6.45) is 1.09. The second-order valence-corrected chi connectivity index (χ2v) is 6.11. The molecule has 0 radical (unpaired) electrons. The second kappa shape index (κ2) is 8.44. The predicted molar refractivity (Wildman–Crippen MR) is 93.7 cm³/mol. The SMILES string of the molecule is CCc1ccc(CNC(=NC)NCc2cccc(OC)c2)s1. The Labute approximate surface area is 136 Å². The standard InChI is InChI=1S/C17H23N3OS/c1-4-15-8-9-16(22-15)12-20-17(18-2)19-11-13-6-5-7-14(10-13)21-3/h5-10H,4,11-12H2,1-3H3,(H2,18,19,20). The molecule has 2 aromatic rings. The first-order valence-corrected chi connectivity index (χ1v) is 8.21. The van der Waals surface area contributed by atoms with Gasteiger partial charge in [0.25, 0.3) is 0 Å². The van der Waals surface area contributed by atoms with Crippen molar-refractivity contribution in [2.75, 3.05) is 14.2 Å². The highest BCUT2D eigenvalue weighted by Gasteiger charge is 2.02. The van der Waals surface area contributed by atoms with Crippen LogP contribution in [-0.4, -0.2) is 20.1 Å². The summed E-state index contributed by atoms with van der Waals surface area (Å²) in [6.45, 7) is 3.68. The minimum Gasteiger partial charge on any atom is -0.497 e. The van der Waals surface area contributed by atoms with E-state index in [9.17, 15) is 0 Å². The lowest BCUT2D eigenvalue weighted by molar-refractivity contribution is 0.414. The number of hydrogen-bond donors (Lipinski definition) is 2. The molecule has 0 unspecified atom stereocenters. The van der Waals surface area contributed by atoms with Gasteiger partial charge in [-0.25, -0.2) is 0 Å². The Morgan fingerprint density at radius 1 is 1.14 bits per heavy atom. The van der Waals surface area contributed by atoms with Crippen LogP contribution in [0.15, 0.2) is 41.4 Å². The number of nitrogens with one attached hydrogen (secondary N) is 2. The molecule has 2 N–H and O–H groups in total. The van der Waals surface area contributed by atoms with Crippen LogP contribution in [0.1, 0.15) is 22.2 Å². The summed E-state index contributed by atoms with van der Waals surface area (Å²) in [7, 11) is 3.46. The fraction of sp³-hybridized carbons (Fsp3) is 0.353. The van der Waals surface area contributed by atoms with Crippen LogP contribution in [0.4, 0.5) is 0 Å². The van der Waals surface area contributed by atoms with Gasteiger partial charge in [0, 0.05) is 23.3 Å². The molecule has 0 saturated heterocycles. The lowest BCUT2D eigenvalue weighted by atomic mass is 10.2. The van der Waals surface area contributed by atoms with E-state index in [1.807, 2.05) is 29.5 Å². The Morgan fingerprint density at radius 3 is 2.59 bits per heavy atom. The van der Waals surface area contributed by atoms with Crippen LogP contribution >= 0.6 is 11.3 Å². The molecule has 0 aliphatic heterocycles. The monoisotopic (exact) mass is 317 g/mol. The van der Waals surface area contributed by atoms with E-state index in [0.29, 0.717) is 6.54 Å². The van der Waals surface area contributed by atoms with E-state index in [0.717, 1.165) is 30.2 Å². The number of rotatable bonds is 6. The summed E-state index contributed by atoms with van der Waals surface area (Å²) < 4.78 is 5.23. The minimum atomic E-state index is 0.710. The van der Waals surface area contributed by atoms with Gasteiger partial charge in [0.2, 0.25) is 0 Å². The third kappa shape index (κ3) is 4.77. The molecule has 22 heavy (non-hydrogen) atoms. The Balaban J connectivity index is 1.84. The zero-order valence-corrected chi connectivity index (χ0v) is 14.2. The van der Waals surface area contributed by atoms with Crippen LogP contribution < -0.4 is 15.4 Å². The smallest absolute Gasteiger partial charge is 0.191 e. The van der Waals surface area contributed by atoms with E-state index in [2.05, 4.69) is 40.7 Å². The molecular weight excluding hydrogens is 294 g/mol. The topological polar surface area (TPSA) is 45.7 Å². The summed E-state index contributed by atoms with van der Waals surface area (Å²) in [6, 6.07) is 12.4. The molecule has 1 aromatic heterocycles. The summed E-state index contributed by atoms with van der Waals surface area (Å²) in [5, 5.41) is 6.66. The third-order valence-electron chi connectivity index (χ3n) is 3.31. The van der Waals surface area contributed by atoms with Crippen LogP contribution in [0.3, 0.4) is 0 Å². The lowest BCUT2D eigenvalue weighted by Gasteiger charge is -2.11. The van der Waals surface area contributed by atoms with Crippen molar-refractivity contribution in [2.24, 2.45) is 4.99 Å². The van der Waals surface area contributed by atoms with Gasteiger partial charge in [-0.05, 0) is 36.2 Å². The number of hydrogen-bond acceptors (Lipinski definition) is 3. The molecule has 2 rings (SSSR count). The number of benzene rings is 1. The fourth-order valence-corrected chi connectivity index (χ4v) is 2.96. The number of nitrogens with zero attached hydrogens (tertiary/aromatic N) is 1. The molecule has 0 bridgehead atoms. The van der Waals surface area contributed by atoms with Crippen LogP contribution in [0, 0.1) is 0 Å². The zero-order valence-electron chi connectivity index (χ0n) is 13.3. The van der Waals surface area contributed by atoms with E-state index >= 15 is 0 Å². The van der Waals surface area contributed by atoms with E-state index in [-0.39, 0.29) is 0 Å². The van der Waals surface area contributed by atoms with E-state index in [1.165, 1.54) is 9.75 Å². The lowest BCUT2D eigenvalue weighted by Crippen LogP contribution is -2.36. The van der Waals surface area contributed by atoms with Gasteiger partial charge in [-0.3, -0.25) is 4.99 Å². The summed E-state index contributed by atoms with van der Waals surface area (Å²) in [5.41, 5.74) is 1.16. The number of aryl methyl sites for hydroxylation is 1. The normalized spacial score (nSPS) is 11.3. The maximum atomic E-state index is 5.23. The molecule has 5 heteroatoms. The van der Waals surface area contributed by atoms with Crippen molar-refractivity contribution in [1.82, 2.24) is 10.6 Å². The average molecular weight is 317 g/mol. The summed E-state index contributed by atoms with van der Waals surface area (Å²) in [5.74, 6) is 1.67. The second-order valence-electron chi connectivity index (χ2n) is 4.85. The van der Waals surface area contributed by atoms with Gasteiger partial charge in [0.05, 0.1) is 13.7 Å². The number of thiophene rings is 1. The van der Waals surface area contributed by atoms with Crippen molar-refractivity contribution in [1.29, 1.82) is 0 Å². The Kier molecular flexibility index (Phi) is 6.27.